The largest absolute Gasteiger partial charge is 0.457 e. The third-order valence-corrected chi connectivity index (χ3v) is 15.2. The first-order valence-electron chi connectivity index (χ1n) is 25.5. The highest BCUT2D eigenvalue weighted by Crippen LogP contribution is 2.45. The Morgan fingerprint density at radius 1 is 0.440 bits per heavy atom. The lowest BCUT2D eigenvalue weighted by Crippen LogP contribution is -2.26. The monoisotopic (exact) mass is 976 g/mol. The fraction of sp³-hybridized carbons (Fsp3) is 0.141. The molecule has 14 rings (SSSR count). The fourth-order valence-electron chi connectivity index (χ4n) is 11.6. The standard InChI is InChI=1S/C64H52N10O/c1-38-15-10-22-48-49-23-11-16-39(2)58(49)73(57(38)48)62-67-61(68-63(69-62)74-59-40(3)17-12-24-50(59)51-25-13-18-41(4)60(51)74)71-37-70(53-30-31-65-36-55(53)71)43-19-14-20-44(34-43)75-45-27-28-47-46-21-8-9-26-52(46)72(54(47)35-45)56-33-42(29-32-66-56)64(5,6)7/h8-36H,37H2,1-7H3. The maximum Gasteiger partial charge on any atom is 0.241 e. The molecule has 0 N–H and O–H groups in total. The van der Waals surface area contributed by atoms with Gasteiger partial charge < -0.3 is 9.64 Å². The molecule has 0 radical (unpaired) electrons. The molecule has 0 amide bonds. The normalized spacial score (nSPS) is 12.9. The van der Waals surface area contributed by atoms with E-state index < -0.39 is 0 Å². The van der Waals surface area contributed by atoms with Crippen molar-refractivity contribution in [2.24, 2.45) is 0 Å². The summed E-state index contributed by atoms with van der Waals surface area (Å²) < 4.78 is 13.6. The molecule has 1 aliphatic heterocycles. The summed E-state index contributed by atoms with van der Waals surface area (Å²) in [5.74, 6) is 3.86. The number of fused-ring (bicyclic) bond motifs is 10. The van der Waals surface area contributed by atoms with E-state index in [2.05, 4.69) is 218 Å². The molecule has 75 heavy (non-hydrogen) atoms. The number of hydrogen-bond donors (Lipinski definition) is 0. The molecule has 11 heteroatoms. The van der Waals surface area contributed by atoms with Crippen molar-refractivity contribution in [3.8, 4) is 29.2 Å². The minimum absolute atomic E-state index is 0.0337. The lowest BCUT2D eigenvalue weighted by atomic mass is 9.88. The van der Waals surface area contributed by atoms with Crippen LogP contribution in [-0.4, -0.2) is 45.3 Å². The first kappa shape index (κ1) is 44.4. The van der Waals surface area contributed by atoms with Crippen molar-refractivity contribution in [3.63, 3.8) is 0 Å². The van der Waals surface area contributed by atoms with E-state index in [-0.39, 0.29) is 5.41 Å². The van der Waals surface area contributed by atoms with Crippen molar-refractivity contribution < 1.29 is 4.74 Å². The van der Waals surface area contributed by atoms with Crippen molar-refractivity contribution in [3.05, 3.63) is 204 Å². The number of aromatic nitrogens is 8. The van der Waals surface area contributed by atoms with Gasteiger partial charge in [0.1, 0.15) is 24.0 Å². The van der Waals surface area contributed by atoms with Gasteiger partial charge in [0.15, 0.2) is 0 Å². The van der Waals surface area contributed by atoms with Gasteiger partial charge in [0.25, 0.3) is 0 Å². The van der Waals surface area contributed by atoms with Crippen LogP contribution >= 0.6 is 0 Å². The van der Waals surface area contributed by atoms with Crippen LogP contribution in [0, 0.1) is 27.7 Å². The van der Waals surface area contributed by atoms with Gasteiger partial charge >= 0.3 is 0 Å². The molecule has 0 spiro atoms. The zero-order valence-electron chi connectivity index (χ0n) is 42.8. The highest BCUT2D eigenvalue weighted by molar-refractivity contribution is 6.13. The maximum absolute atomic E-state index is 6.82. The van der Waals surface area contributed by atoms with Crippen LogP contribution in [0.5, 0.6) is 11.5 Å². The first-order chi connectivity index (χ1) is 36.5. The number of anilines is 4. The van der Waals surface area contributed by atoms with Crippen molar-refractivity contribution >= 4 is 88.4 Å². The number of hydrogen-bond acceptors (Lipinski definition) is 8. The van der Waals surface area contributed by atoms with Gasteiger partial charge in [-0.05, 0) is 109 Å². The van der Waals surface area contributed by atoms with Crippen molar-refractivity contribution in [1.29, 1.82) is 0 Å². The summed E-state index contributed by atoms with van der Waals surface area (Å²) in [4.78, 5) is 30.6. The van der Waals surface area contributed by atoms with Crippen LogP contribution in [0.4, 0.5) is 23.0 Å². The van der Waals surface area contributed by atoms with Gasteiger partial charge in [-0.2, -0.15) is 15.0 Å². The second-order valence-corrected chi connectivity index (χ2v) is 20.9. The van der Waals surface area contributed by atoms with E-state index in [1.165, 1.54) is 5.56 Å². The Morgan fingerprint density at radius 3 is 1.60 bits per heavy atom. The molecular formula is C64H52N10O. The highest BCUT2D eigenvalue weighted by Gasteiger charge is 2.33. The molecule has 13 aromatic rings. The Balaban J connectivity index is 0.905. The van der Waals surface area contributed by atoms with E-state index >= 15 is 0 Å². The van der Waals surface area contributed by atoms with Gasteiger partial charge in [0.2, 0.25) is 17.8 Å². The predicted octanol–water partition coefficient (Wildman–Crippen LogP) is 15.5. The summed E-state index contributed by atoms with van der Waals surface area (Å²) in [5, 5.41) is 6.89. The van der Waals surface area contributed by atoms with E-state index in [1.54, 1.807) is 0 Å². The number of pyridine rings is 2. The average Bonchev–Trinajstić information content (AvgIpc) is 4.17. The number of rotatable bonds is 7. The molecule has 0 saturated carbocycles. The Morgan fingerprint density at radius 2 is 0.987 bits per heavy atom. The molecule has 1 aliphatic rings. The molecule has 7 aromatic carbocycles. The van der Waals surface area contributed by atoms with Gasteiger partial charge in [0, 0.05) is 62.5 Å². The zero-order valence-corrected chi connectivity index (χ0v) is 42.8. The van der Waals surface area contributed by atoms with E-state index in [0.717, 1.165) is 116 Å². The van der Waals surface area contributed by atoms with Crippen molar-refractivity contribution in [2.45, 2.75) is 53.9 Å². The van der Waals surface area contributed by atoms with Crippen LogP contribution in [0.3, 0.4) is 0 Å². The SMILES string of the molecule is Cc1cccc2c3cccc(C)c3n(-c3nc(N4CN(c5cccc(Oc6ccc7c8ccccc8n(-c8cc(C(C)(C)C)ccn8)c7c6)c5)c5ccncc54)nc(-n4c5c(C)cccc5c5cccc(C)c54)n3)c12. The summed E-state index contributed by atoms with van der Waals surface area (Å²) in [6.07, 6.45) is 5.66. The van der Waals surface area contributed by atoms with Crippen LogP contribution in [0.15, 0.2) is 176 Å². The zero-order chi connectivity index (χ0) is 50.9. The van der Waals surface area contributed by atoms with E-state index in [9.17, 15) is 0 Å². The Labute approximate surface area is 433 Å². The number of aryl methyl sites for hydroxylation is 4. The second-order valence-electron chi connectivity index (χ2n) is 20.9. The molecule has 0 aliphatic carbocycles. The summed E-state index contributed by atoms with van der Waals surface area (Å²) in [5.41, 5.74) is 14.9. The molecule has 7 heterocycles. The summed E-state index contributed by atoms with van der Waals surface area (Å²) in [7, 11) is 0. The summed E-state index contributed by atoms with van der Waals surface area (Å²) in [6.45, 7) is 15.8. The van der Waals surface area contributed by atoms with E-state index in [4.69, 9.17) is 29.7 Å². The fourth-order valence-corrected chi connectivity index (χ4v) is 11.6. The van der Waals surface area contributed by atoms with E-state index in [0.29, 0.717) is 30.3 Å². The van der Waals surface area contributed by atoms with Gasteiger partial charge in [-0.3, -0.25) is 23.6 Å². The number of nitrogens with zero attached hydrogens (tertiary/aromatic N) is 10. The molecule has 0 unspecified atom stereocenters. The highest BCUT2D eigenvalue weighted by atomic mass is 16.5. The number of ether oxygens (including phenoxy) is 1. The maximum atomic E-state index is 6.82. The van der Waals surface area contributed by atoms with Gasteiger partial charge in [-0.25, -0.2) is 4.98 Å². The second kappa shape index (κ2) is 16.6. The first-order valence-corrected chi connectivity index (χ1v) is 25.5. The molecule has 0 saturated heterocycles. The third-order valence-electron chi connectivity index (χ3n) is 15.2. The predicted molar refractivity (Wildman–Crippen MR) is 305 cm³/mol. The molecule has 0 bridgehead atoms. The topological polar surface area (TPSA) is 95.0 Å². The lowest BCUT2D eigenvalue weighted by molar-refractivity contribution is 0.483. The van der Waals surface area contributed by atoms with Crippen LogP contribution in [0.25, 0.3) is 83.1 Å². The van der Waals surface area contributed by atoms with Gasteiger partial charge in [-0.15, -0.1) is 0 Å². The van der Waals surface area contributed by atoms with Crippen molar-refractivity contribution in [2.75, 3.05) is 16.5 Å². The summed E-state index contributed by atoms with van der Waals surface area (Å²) in [6, 6.07) is 55.5. The molecule has 11 nitrogen and oxygen atoms in total. The molecule has 0 fully saturated rings. The van der Waals surface area contributed by atoms with Gasteiger partial charge in [0.05, 0.1) is 50.7 Å². The third kappa shape index (κ3) is 6.91. The Bertz CT molecular complexity index is 4240. The van der Waals surface area contributed by atoms with Crippen LogP contribution in [-0.2, 0) is 5.41 Å². The van der Waals surface area contributed by atoms with Crippen molar-refractivity contribution in [1.82, 2.24) is 38.6 Å². The lowest BCUT2D eigenvalue weighted by Gasteiger charge is -2.22. The van der Waals surface area contributed by atoms with Crippen LogP contribution < -0.4 is 14.5 Å². The number of benzene rings is 7. The molecule has 0 atom stereocenters. The number of para-hydroxylation sites is 5. The molecule has 6 aromatic heterocycles. The van der Waals surface area contributed by atoms with Crippen LogP contribution in [0.2, 0.25) is 0 Å². The molecular weight excluding hydrogens is 925 g/mol. The smallest absolute Gasteiger partial charge is 0.241 e. The Hall–Kier alpha value is -9.35. The molecule has 364 valence electrons. The summed E-state index contributed by atoms with van der Waals surface area (Å²) >= 11 is 0. The van der Waals surface area contributed by atoms with E-state index in [1.807, 2.05) is 30.7 Å². The average molecular weight is 977 g/mol. The minimum atomic E-state index is -0.0337. The Kier molecular flexibility index (Phi) is 9.81. The minimum Gasteiger partial charge on any atom is -0.457 e. The van der Waals surface area contributed by atoms with Gasteiger partial charge in [-0.1, -0.05) is 118 Å². The quantitative estimate of drug-likeness (QED) is 0.156. The van der Waals surface area contributed by atoms with Crippen LogP contribution in [0.1, 0.15) is 48.6 Å².